The van der Waals surface area contributed by atoms with Crippen molar-refractivity contribution < 1.29 is 30.3 Å². The number of nitrogens with zero attached hydrogens (tertiary/aromatic N) is 1. The Morgan fingerprint density at radius 2 is 1.77 bits per heavy atom. The Morgan fingerprint density at radius 1 is 1.05 bits per heavy atom. The van der Waals surface area contributed by atoms with E-state index in [9.17, 15) is 14.7 Å². The van der Waals surface area contributed by atoms with Crippen LogP contribution in [0.3, 0.4) is 0 Å². The zero-order valence-electron chi connectivity index (χ0n) is 22.7. The van der Waals surface area contributed by atoms with Crippen LogP contribution in [-0.4, -0.2) is 61.0 Å². The van der Waals surface area contributed by atoms with E-state index in [-0.39, 0.29) is 26.3 Å². The molecule has 0 saturated carbocycles. The number of hydrogen-bond donors (Lipinski definition) is 1. The third kappa shape index (κ3) is 8.54. The molecule has 0 unspecified atom stereocenters. The molecule has 0 bridgehead atoms. The molecule has 216 valence electrons. The van der Waals surface area contributed by atoms with Crippen LogP contribution in [0, 0.1) is 5.92 Å². The first kappa shape index (κ1) is 30.6. The van der Waals surface area contributed by atoms with E-state index in [1.807, 2.05) is 18.2 Å². The van der Waals surface area contributed by atoms with E-state index < -0.39 is 6.10 Å². The lowest BCUT2D eigenvalue weighted by atomic mass is 9.89. The van der Waals surface area contributed by atoms with Crippen LogP contribution in [0.1, 0.15) is 89.2 Å². The molecule has 7 nitrogen and oxygen atoms in total. The fourth-order valence-corrected chi connectivity index (χ4v) is 5.46. The molecule has 2 heterocycles. The summed E-state index contributed by atoms with van der Waals surface area (Å²) in [6, 6.07) is 13.2. The number of aliphatic hydroxyl groups excluding tert-OH is 1. The molecule has 0 spiro atoms. The van der Waals surface area contributed by atoms with Crippen molar-refractivity contribution in [3.63, 3.8) is 0 Å². The van der Waals surface area contributed by atoms with Gasteiger partial charge in [-0.05, 0) is 81.1 Å². The van der Waals surface area contributed by atoms with Gasteiger partial charge in [0.05, 0.1) is 13.2 Å². The average molecular weight is 542 g/mol. The largest absolute Gasteiger partial charge is 0.497 e. The molecule has 2 aliphatic heterocycles. The van der Waals surface area contributed by atoms with Gasteiger partial charge in [0.25, 0.3) is 0 Å². The Balaban J connectivity index is 0.00000280. The highest BCUT2D eigenvalue weighted by atomic mass is 16.6. The zero-order chi connectivity index (χ0) is 26.9. The predicted octanol–water partition coefficient (Wildman–Crippen LogP) is 6.28. The van der Waals surface area contributed by atoms with Crippen molar-refractivity contribution in [1.29, 1.82) is 0 Å². The monoisotopic (exact) mass is 541 g/mol. The number of unbranched alkanes of at least 4 members (excludes halogenated alkanes) is 2. The topological polar surface area (TPSA) is 85.3 Å². The number of Topliss-reactive ketones (excluding diaryl/α,β-unsaturated/α-hetero) is 2. The summed E-state index contributed by atoms with van der Waals surface area (Å²) < 4.78 is 16.5. The Labute approximate surface area is 234 Å². The Morgan fingerprint density at radius 3 is 2.46 bits per heavy atom. The van der Waals surface area contributed by atoms with Gasteiger partial charge in [0.1, 0.15) is 24.7 Å². The number of carbonyl (C=O) groups is 2. The summed E-state index contributed by atoms with van der Waals surface area (Å²) >= 11 is 0. The van der Waals surface area contributed by atoms with Crippen molar-refractivity contribution >= 4 is 11.6 Å². The number of hydrogen-bond acceptors (Lipinski definition) is 7. The first-order valence-corrected chi connectivity index (χ1v) is 13.9. The van der Waals surface area contributed by atoms with E-state index in [4.69, 9.17) is 14.2 Å². The Hall–Kier alpha value is -2.90. The summed E-state index contributed by atoms with van der Waals surface area (Å²) in [6.07, 6.45) is 5.15. The summed E-state index contributed by atoms with van der Waals surface area (Å²) in [6.45, 7) is 4.93. The lowest BCUT2D eigenvalue weighted by Crippen LogP contribution is -2.35. The molecule has 2 aromatic carbocycles. The molecule has 1 fully saturated rings. The van der Waals surface area contributed by atoms with E-state index in [1.54, 1.807) is 31.4 Å². The lowest BCUT2D eigenvalue weighted by molar-refractivity contribution is -0.121. The predicted molar refractivity (Wildman–Crippen MR) is 155 cm³/mol. The molecule has 2 aliphatic rings. The number of ether oxygens (including phenoxy) is 3. The number of methoxy groups -OCH3 is 1. The van der Waals surface area contributed by atoms with E-state index in [2.05, 4.69) is 11.8 Å². The van der Waals surface area contributed by atoms with Crippen LogP contribution in [-0.2, 0) is 4.79 Å². The van der Waals surface area contributed by atoms with Crippen molar-refractivity contribution in [2.24, 2.45) is 5.92 Å². The number of carbonyl (C=O) groups excluding carboxylic acids is 2. The van der Waals surface area contributed by atoms with Gasteiger partial charge in [-0.1, -0.05) is 19.9 Å². The van der Waals surface area contributed by atoms with Gasteiger partial charge in [0, 0.05) is 44.8 Å². The highest BCUT2D eigenvalue weighted by Crippen LogP contribution is 2.36. The van der Waals surface area contributed by atoms with E-state index in [0.717, 1.165) is 50.0 Å². The third-order valence-electron chi connectivity index (χ3n) is 7.78. The van der Waals surface area contributed by atoms with Gasteiger partial charge in [-0.15, -0.1) is 0 Å². The van der Waals surface area contributed by atoms with Crippen LogP contribution < -0.4 is 14.2 Å². The maximum absolute atomic E-state index is 13.0. The molecule has 0 amide bonds. The first-order chi connectivity index (χ1) is 18.4. The summed E-state index contributed by atoms with van der Waals surface area (Å²) in [5.41, 5.74) is 1.45. The van der Waals surface area contributed by atoms with Crippen LogP contribution in [0.2, 0.25) is 0 Å². The van der Waals surface area contributed by atoms with Gasteiger partial charge in [0.2, 0.25) is 0 Å². The second kappa shape index (κ2) is 15.0. The lowest BCUT2D eigenvalue weighted by Gasteiger charge is -2.30. The van der Waals surface area contributed by atoms with Crippen LogP contribution >= 0.6 is 0 Å². The van der Waals surface area contributed by atoms with Crippen molar-refractivity contribution in [2.45, 2.75) is 77.9 Å². The number of aliphatic hydroxyl groups is 1. The molecule has 0 aromatic heterocycles. The van der Waals surface area contributed by atoms with Crippen LogP contribution in [0.4, 0.5) is 0 Å². The molecule has 4 rings (SSSR count). The second-order valence-electron chi connectivity index (χ2n) is 10.5. The van der Waals surface area contributed by atoms with Crippen molar-refractivity contribution in [1.82, 2.24) is 4.90 Å². The maximum atomic E-state index is 13.0. The maximum Gasteiger partial charge on any atom is 0.162 e. The highest BCUT2D eigenvalue weighted by molar-refractivity contribution is 5.96. The quantitative estimate of drug-likeness (QED) is 0.223. The standard InChI is InChI=1S/C31H41NO6.CH4.H2/c1-22-7-6-16-32(22)21-25(31(35)24-12-15-29-30(20-24)38-18-17-37-29)19-26(33)8-4-3-5-9-28(34)23-10-13-27(36-2)14-11-23;;/h10-15,20,22,25,31,35H,3-9,16-19,21H2,1-2H3;1H4;1H/t22-,25-,31-;;/m1../s1. The number of benzene rings is 2. The van der Waals surface area contributed by atoms with Crippen molar-refractivity contribution in [3.8, 4) is 17.2 Å². The minimum Gasteiger partial charge on any atom is -0.497 e. The molecule has 1 saturated heterocycles. The molecule has 3 atom stereocenters. The van der Waals surface area contributed by atoms with Crippen LogP contribution in [0.25, 0.3) is 0 Å². The molecule has 0 aliphatic carbocycles. The van der Waals surface area contributed by atoms with E-state index in [0.29, 0.717) is 62.1 Å². The van der Waals surface area contributed by atoms with Gasteiger partial charge in [-0.25, -0.2) is 0 Å². The number of fused-ring (bicyclic) bond motifs is 1. The summed E-state index contributed by atoms with van der Waals surface area (Å²) in [5.74, 6) is 2.16. The molecule has 7 heteroatoms. The molecule has 2 aromatic rings. The zero-order valence-corrected chi connectivity index (χ0v) is 22.7. The smallest absolute Gasteiger partial charge is 0.162 e. The minimum atomic E-state index is -0.760. The summed E-state index contributed by atoms with van der Waals surface area (Å²) in [4.78, 5) is 27.8. The number of rotatable bonds is 14. The van der Waals surface area contributed by atoms with Crippen molar-refractivity contribution in [2.75, 3.05) is 33.4 Å². The first-order valence-electron chi connectivity index (χ1n) is 13.9. The average Bonchev–Trinajstić information content (AvgIpc) is 3.35. The number of likely N-dealkylation sites (tertiary alicyclic amines) is 1. The SMILES string of the molecule is C.COc1ccc(C(=O)CCCCCC(=O)C[C@H](CN2CCC[C@H]2C)[C@H](O)c2ccc3c(c2)OCCO3)cc1.[HH]. The molecule has 1 N–H and O–H groups in total. The molecule has 39 heavy (non-hydrogen) atoms. The molecular weight excluding hydrogens is 494 g/mol. The fraction of sp³-hybridized carbons (Fsp3) is 0.562. The fourth-order valence-electron chi connectivity index (χ4n) is 5.46. The van der Waals surface area contributed by atoms with E-state index >= 15 is 0 Å². The second-order valence-corrected chi connectivity index (χ2v) is 10.5. The van der Waals surface area contributed by atoms with Gasteiger partial charge in [0.15, 0.2) is 17.3 Å². The highest BCUT2D eigenvalue weighted by Gasteiger charge is 2.30. The minimum absolute atomic E-state index is 0. The third-order valence-corrected chi connectivity index (χ3v) is 7.78. The Bertz CT molecular complexity index is 1080. The number of ketones is 2. The summed E-state index contributed by atoms with van der Waals surface area (Å²) in [7, 11) is 1.60. The van der Waals surface area contributed by atoms with Crippen molar-refractivity contribution in [3.05, 3.63) is 53.6 Å². The van der Waals surface area contributed by atoms with Gasteiger partial charge in [-0.3, -0.25) is 9.59 Å². The van der Waals surface area contributed by atoms with E-state index in [1.165, 1.54) is 0 Å². The Kier molecular flexibility index (Phi) is 11.8. The van der Waals surface area contributed by atoms with Gasteiger partial charge < -0.3 is 24.2 Å². The van der Waals surface area contributed by atoms with Gasteiger partial charge in [-0.2, -0.15) is 0 Å². The van der Waals surface area contributed by atoms with Crippen LogP contribution in [0.15, 0.2) is 42.5 Å². The normalized spacial score (nSPS) is 18.2. The van der Waals surface area contributed by atoms with Crippen LogP contribution in [0.5, 0.6) is 17.2 Å². The molecular formula is C32H47NO6. The van der Waals surface area contributed by atoms with Gasteiger partial charge >= 0.3 is 0 Å². The summed E-state index contributed by atoms with van der Waals surface area (Å²) in [5, 5.41) is 11.4. The molecule has 0 radical (unpaired) electrons.